The van der Waals surface area contributed by atoms with Crippen LogP contribution in [0, 0.1) is 11.6 Å². The van der Waals surface area contributed by atoms with Crippen molar-refractivity contribution < 1.29 is 36.3 Å². The minimum absolute atomic E-state index is 0.00302. The van der Waals surface area contributed by atoms with Crippen molar-refractivity contribution >= 4 is 21.8 Å². The van der Waals surface area contributed by atoms with Crippen molar-refractivity contribution in [2.24, 2.45) is 0 Å². The van der Waals surface area contributed by atoms with E-state index in [1.807, 2.05) is 0 Å². The van der Waals surface area contributed by atoms with E-state index in [-0.39, 0.29) is 35.8 Å². The summed E-state index contributed by atoms with van der Waals surface area (Å²) in [5, 5.41) is 0. The van der Waals surface area contributed by atoms with Crippen LogP contribution in [0.3, 0.4) is 0 Å². The molecule has 31 heavy (non-hydrogen) atoms. The lowest BCUT2D eigenvalue weighted by atomic mass is 10.1. The molecule has 7 nitrogen and oxygen atoms in total. The maximum atomic E-state index is 13.6. The Bertz CT molecular complexity index is 1080. The molecule has 1 aliphatic heterocycles. The zero-order valence-corrected chi connectivity index (χ0v) is 17.7. The summed E-state index contributed by atoms with van der Waals surface area (Å²) in [7, 11) is -3.77. The number of rotatable bonds is 6. The van der Waals surface area contributed by atoms with Gasteiger partial charge in [0.25, 0.3) is 0 Å². The summed E-state index contributed by atoms with van der Waals surface area (Å²) >= 11 is 0. The summed E-state index contributed by atoms with van der Waals surface area (Å²) in [6.07, 6.45) is -0.485. The molecule has 0 saturated carbocycles. The first-order chi connectivity index (χ1) is 14.6. The second-order valence-corrected chi connectivity index (χ2v) is 9.17. The summed E-state index contributed by atoms with van der Waals surface area (Å²) in [5.74, 6) is -3.52. The standard InChI is InChI=1S/C21H21F2NO6S/c1-13-10-24(11-14(2)30-13)31(27,28)17-6-3-15(4-7-17)21(26)29-12-20(25)18-9-16(22)5-8-19(18)23/h3-9,13-14H,10-12H2,1-2H3. The molecule has 0 spiro atoms. The Kier molecular flexibility index (Phi) is 6.83. The van der Waals surface area contributed by atoms with Crippen molar-refractivity contribution in [3.63, 3.8) is 0 Å². The van der Waals surface area contributed by atoms with Gasteiger partial charge in [0.2, 0.25) is 15.8 Å². The van der Waals surface area contributed by atoms with Gasteiger partial charge in [0.15, 0.2) is 6.61 Å². The van der Waals surface area contributed by atoms with Gasteiger partial charge < -0.3 is 9.47 Å². The topological polar surface area (TPSA) is 90.0 Å². The smallest absolute Gasteiger partial charge is 0.338 e. The average molecular weight is 453 g/mol. The Morgan fingerprint density at radius 3 is 2.29 bits per heavy atom. The fraction of sp³-hybridized carbons (Fsp3) is 0.333. The highest BCUT2D eigenvalue weighted by Crippen LogP contribution is 2.22. The van der Waals surface area contributed by atoms with E-state index in [9.17, 15) is 26.8 Å². The van der Waals surface area contributed by atoms with Crippen LogP contribution in [0.25, 0.3) is 0 Å². The Labute approximate surface area is 178 Å². The van der Waals surface area contributed by atoms with Gasteiger partial charge in [-0.3, -0.25) is 4.79 Å². The van der Waals surface area contributed by atoms with Crippen LogP contribution < -0.4 is 0 Å². The van der Waals surface area contributed by atoms with Crippen molar-refractivity contribution in [1.29, 1.82) is 0 Å². The molecule has 1 aliphatic rings. The van der Waals surface area contributed by atoms with Crippen LogP contribution in [0.4, 0.5) is 8.78 Å². The molecule has 2 unspecified atom stereocenters. The minimum Gasteiger partial charge on any atom is -0.454 e. The molecule has 0 aliphatic carbocycles. The lowest BCUT2D eigenvalue weighted by Gasteiger charge is -2.34. The van der Waals surface area contributed by atoms with Gasteiger partial charge in [-0.2, -0.15) is 4.31 Å². The molecule has 2 aromatic carbocycles. The number of carbonyl (C=O) groups is 2. The first kappa shape index (κ1) is 23.0. The fourth-order valence-electron chi connectivity index (χ4n) is 3.24. The van der Waals surface area contributed by atoms with Crippen molar-refractivity contribution in [1.82, 2.24) is 4.31 Å². The SMILES string of the molecule is CC1CN(S(=O)(=O)c2ccc(C(=O)OCC(=O)c3cc(F)ccc3F)cc2)CC(C)O1. The predicted octanol–water partition coefficient (Wildman–Crippen LogP) is 2.80. The van der Waals surface area contributed by atoms with Crippen molar-refractivity contribution in [2.75, 3.05) is 19.7 Å². The number of Topliss-reactive ketones (excluding diaryl/α,β-unsaturated/α-hetero) is 1. The molecule has 3 rings (SSSR count). The molecule has 1 saturated heterocycles. The molecule has 1 heterocycles. The number of hydrogen-bond donors (Lipinski definition) is 0. The first-order valence-corrected chi connectivity index (χ1v) is 10.9. The second-order valence-electron chi connectivity index (χ2n) is 7.23. The van der Waals surface area contributed by atoms with E-state index >= 15 is 0 Å². The van der Waals surface area contributed by atoms with Crippen LogP contribution >= 0.6 is 0 Å². The Hall–Kier alpha value is -2.69. The molecule has 0 radical (unpaired) electrons. The lowest BCUT2D eigenvalue weighted by Crippen LogP contribution is -2.48. The maximum absolute atomic E-state index is 13.6. The van der Waals surface area contributed by atoms with Crippen LogP contribution in [0.15, 0.2) is 47.4 Å². The number of hydrogen-bond acceptors (Lipinski definition) is 6. The average Bonchev–Trinajstić information content (AvgIpc) is 2.73. The highest BCUT2D eigenvalue weighted by Gasteiger charge is 2.32. The van der Waals surface area contributed by atoms with E-state index in [1.165, 1.54) is 28.6 Å². The van der Waals surface area contributed by atoms with Gasteiger partial charge in [-0.25, -0.2) is 22.0 Å². The Morgan fingerprint density at radius 2 is 1.68 bits per heavy atom. The summed E-state index contributed by atoms with van der Waals surface area (Å²) in [5.41, 5.74) is -0.515. The monoisotopic (exact) mass is 453 g/mol. The lowest BCUT2D eigenvalue weighted by molar-refractivity contribution is -0.0440. The maximum Gasteiger partial charge on any atom is 0.338 e. The van der Waals surface area contributed by atoms with Crippen LogP contribution in [-0.2, 0) is 19.5 Å². The van der Waals surface area contributed by atoms with Crippen molar-refractivity contribution in [2.45, 2.75) is 31.0 Å². The van der Waals surface area contributed by atoms with Gasteiger partial charge in [0, 0.05) is 13.1 Å². The van der Waals surface area contributed by atoms with Gasteiger partial charge in [-0.1, -0.05) is 0 Å². The molecular weight excluding hydrogens is 432 g/mol. The normalized spacial score (nSPS) is 19.7. The first-order valence-electron chi connectivity index (χ1n) is 9.49. The van der Waals surface area contributed by atoms with E-state index in [4.69, 9.17) is 9.47 Å². The molecule has 2 atom stereocenters. The molecule has 0 aromatic heterocycles. The molecule has 0 N–H and O–H groups in total. The molecule has 166 valence electrons. The number of sulfonamides is 1. The summed E-state index contributed by atoms with van der Waals surface area (Å²) < 4.78 is 64.2. The van der Waals surface area contributed by atoms with Gasteiger partial charge in [-0.15, -0.1) is 0 Å². The molecule has 1 fully saturated rings. The van der Waals surface area contributed by atoms with Crippen LogP contribution in [0.5, 0.6) is 0 Å². The number of ether oxygens (including phenoxy) is 2. The summed E-state index contributed by atoms with van der Waals surface area (Å²) in [4.78, 5) is 24.2. The number of carbonyl (C=O) groups excluding carboxylic acids is 2. The molecule has 2 aromatic rings. The highest BCUT2D eigenvalue weighted by molar-refractivity contribution is 7.89. The molecule has 0 bridgehead atoms. The zero-order chi connectivity index (χ0) is 22.8. The number of benzene rings is 2. The Balaban J connectivity index is 1.66. The van der Waals surface area contributed by atoms with E-state index in [0.29, 0.717) is 0 Å². The van der Waals surface area contributed by atoms with Crippen LogP contribution in [0.2, 0.25) is 0 Å². The summed E-state index contributed by atoms with van der Waals surface area (Å²) in [6, 6.07) is 7.45. The van der Waals surface area contributed by atoms with E-state index in [0.717, 1.165) is 18.2 Å². The van der Waals surface area contributed by atoms with E-state index < -0.39 is 45.6 Å². The molecular formula is C21H21F2NO6S. The molecule has 0 amide bonds. The number of morpholine rings is 1. The van der Waals surface area contributed by atoms with Gasteiger partial charge in [0.05, 0.1) is 28.2 Å². The van der Waals surface area contributed by atoms with E-state index in [2.05, 4.69) is 0 Å². The van der Waals surface area contributed by atoms with Crippen molar-refractivity contribution in [3.05, 3.63) is 65.2 Å². The number of nitrogens with zero attached hydrogens (tertiary/aromatic N) is 1. The largest absolute Gasteiger partial charge is 0.454 e. The van der Waals surface area contributed by atoms with Crippen molar-refractivity contribution in [3.8, 4) is 0 Å². The Morgan fingerprint density at radius 1 is 1.06 bits per heavy atom. The molecule has 10 heteroatoms. The number of ketones is 1. The predicted molar refractivity (Wildman–Crippen MR) is 106 cm³/mol. The third-order valence-electron chi connectivity index (χ3n) is 4.68. The minimum atomic E-state index is -3.77. The van der Waals surface area contributed by atoms with Gasteiger partial charge in [0.1, 0.15) is 11.6 Å². The zero-order valence-electron chi connectivity index (χ0n) is 16.9. The van der Waals surface area contributed by atoms with Crippen LogP contribution in [-0.4, -0.2) is 56.4 Å². The number of halogens is 2. The number of esters is 1. The van der Waals surface area contributed by atoms with Gasteiger partial charge >= 0.3 is 5.97 Å². The highest BCUT2D eigenvalue weighted by atomic mass is 32.2. The third-order valence-corrected chi connectivity index (χ3v) is 6.52. The van der Waals surface area contributed by atoms with E-state index in [1.54, 1.807) is 13.8 Å². The quantitative estimate of drug-likeness (QED) is 0.494. The van der Waals surface area contributed by atoms with Crippen LogP contribution in [0.1, 0.15) is 34.6 Å². The third kappa shape index (κ3) is 5.33. The summed E-state index contributed by atoms with van der Waals surface area (Å²) in [6.45, 7) is 3.22. The second kappa shape index (κ2) is 9.21. The van der Waals surface area contributed by atoms with Gasteiger partial charge in [-0.05, 0) is 56.3 Å². The fourth-order valence-corrected chi connectivity index (χ4v) is 4.83.